The van der Waals surface area contributed by atoms with Crippen molar-refractivity contribution >= 4 is 13.6 Å². The molecule has 1 unspecified atom stereocenters. The van der Waals surface area contributed by atoms with Crippen molar-refractivity contribution in [2.75, 3.05) is 6.61 Å². The van der Waals surface area contributed by atoms with Gasteiger partial charge in [-0.25, -0.2) is 0 Å². The molecule has 0 aromatic heterocycles. The molecular formula is C14H29O5P. The molecule has 0 fully saturated rings. The molecule has 0 saturated carbocycles. The Balaban J connectivity index is 3.60. The third-order valence-electron chi connectivity index (χ3n) is 3.31. The Labute approximate surface area is 122 Å². The highest BCUT2D eigenvalue weighted by atomic mass is 31.2. The lowest BCUT2D eigenvalue weighted by atomic mass is 10.1. The van der Waals surface area contributed by atoms with Crippen LogP contribution in [-0.4, -0.2) is 28.0 Å². The predicted molar refractivity (Wildman–Crippen MR) is 79.7 cm³/mol. The summed E-state index contributed by atoms with van der Waals surface area (Å²) >= 11 is 0. The Morgan fingerprint density at radius 1 is 1.00 bits per heavy atom. The monoisotopic (exact) mass is 308 g/mol. The zero-order valence-corrected chi connectivity index (χ0v) is 13.6. The molecule has 2 N–H and O–H groups in total. The van der Waals surface area contributed by atoms with Crippen molar-refractivity contribution in [3.05, 3.63) is 0 Å². The van der Waals surface area contributed by atoms with Gasteiger partial charge in [-0.05, 0) is 12.8 Å². The number of hydrogen-bond acceptors (Lipinski definition) is 3. The Hall–Kier alpha value is -0.380. The summed E-state index contributed by atoms with van der Waals surface area (Å²) in [7, 11) is -4.38. The van der Waals surface area contributed by atoms with E-state index in [0.717, 1.165) is 19.3 Å². The molecule has 0 aliphatic carbocycles. The largest absolute Gasteiger partial charge is 0.465 e. The van der Waals surface area contributed by atoms with Gasteiger partial charge >= 0.3 is 13.6 Å². The van der Waals surface area contributed by atoms with Gasteiger partial charge in [-0.3, -0.25) is 9.36 Å². The van der Waals surface area contributed by atoms with Gasteiger partial charge in [0, 0.05) is 0 Å². The Kier molecular flexibility index (Phi) is 11.1. The van der Waals surface area contributed by atoms with E-state index >= 15 is 0 Å². The minimum absolute atomic E-state index is 0.0978. The first kappa shape index (κ1) is 19.6. The zero-order valence-electron chi connectivity index (χ0n) is 12.7. The normalized spacial score (nSPS) is 13.2. The van der Waals surface area contributed by atoms with Crippen LogP contribution in [0.4, 0.5) is 0 Å². The summed E-state index contributed by atoms with van der Waals surface area (Å²) in [6, 6.07) is 0. The third-order valence-corrected chi connectivity index (χ3v) is 4.69. The highest BCUT2D eigenvalue weighted by molar-refractivity contribution is 7.53. The number of esters is 1. The summed E-state index contributed by atoms with van der Waals surface area (Å²) in [4.78, 5) is 29.5. The maximum Gasteiger partial charge on any atom is 0.339 e. The molecule has 0 radical (unpaired) electrons. The fraction of sp³-hybridized carbons (Fsp3) is 0.929. The fourth-order valence-corrected chi connectivity index (χ4v) is 2.87. The lowest BCUT2D eigenvalue weighted by molar-refractivity contribution is -0.143. The highest BCUT2D eigenvalue weighted by Crippen LogP contribution is 2.43. The van der Waals surface area contributed by atoms with Crippen molar-refractivity contribution in [3.63, 3.8) is 0 Å². The van der Waals surface area contributed by atoms with Crippen LogP contribution in [0.3, 0.4) is 0 Å². The van der Waals surface area contributed by atoms with Crippen molar-refractivity contribution in [1.29, 1.82) is 0 Å². The summed E-state index contributed by atoms with van der Waals surface area (Å²) in [6.07, 6.45) is 9.25. The first-order valence-corrected chi connectivity index (χ1v) is 9.33. The second-order valence-corrected chi connectivity index (χ2v) is 6.96. The number of unbranched alkanes of at least 4 members (excludes halogenated alkanes) is 7. The maximum atomic E-state index is 11.5. The maximum absolute atomic E-state index is 11.5. The Bertz CT molecular complexity index is 300. The molecule has 0 saturated heterocycles. The van der Waals surface area contributed by atoms with Gasteiger partial charge in [-0.2, -0.15) is 0 Å². The van der Waals surface area contributed by atoms with Crippen LogP contribution in [0.2, 0.25) is 0 Å². The summed E-state index contributed by atoms with van der Waals surface area (Å²) < 4.78 is 16.0. The van der Waals surface area contributed by atoms with E-state index < -0.39 is 19.2 Å². The number of carbonyl (C=O) groups excluding carboxylic acids is 1. The molecule has 6 heteroatoms. The van der Waals surface area contributed by atoms with Crippen LogP contribution in [0.15, 0.2) is 0 Å². The molecule has 0 aromatic carbocycles. The molecule has 0 bridgehead atoms. The van der Waals surface area contributed by atoms with Crippen LogP contribution in [0.1, 0.15) is 71.6 Å². The van der Waals surface area contributed by atoms with Crippen molar-refractivity contribution in [3.8, 4) is 0 Å². The Morgan fingerprint density at radius 2 is 1.50 bits per heavy atom. The van der Waals surface area contributed by atoms with Gasteiger partial charge < -0.3 is 14.5 Å². The van der Waals surface area contributed by atoms with Gasteiger partial charge in [0.05, 0.1) is 6.61 Å². The smallest absolute Gasteiger partial charge is 0.339 e. The van der Waals surface area contributed by atoms with Gasteiger partial charge in [0.15, 0.2) is 5.66 Å². The number of rotatable bonds is 12. The van der Waals surface area contributed by atoms with Gasteiger partial charge in [0.1, 0.15) is 0 Å². The van der Waals surface area contributed by atoms with E-state index in [4.69, 9.17) is 14.5 Å². The number of ether oxygens (including phenoxy) is 1. The molecule has 0 amide bonds. The minimum atomic E-state index is -4.38. The Morgan fingerprint density at radius 3 is 1.95 bits per heavy atom. The molecule has 0 aliphatic rings. The SMILES string of the molecule is CCCCCCCCCCOC(=O)C(CC)P(=O)(O)O. The van der Waals surface area contributed by atoms with Crippen LogP contribution in [0.5, 0.6) is 0 Å². The molecule has 120 valence electrons. The van der Waals surface area contributed by atoms with E-state index in [1.807, 2.05) is 0 Å². The predicted octanol–water partition coefficient (Wildman–Crippen LogP) is 3.63. The van der Waals surface area contributed by atoms with Crippen molar-refractivity contribution in [2.24, 2.45) is 0 Å². The quantitative estimate of drug-likeness (QED) is 0.327. The summed E-state index contributed by atoms with van der Waals surface area (Å²) in [5, 5.41) is 0. The molecule has 0 aliphatic heterocycles. The standard InChI is InChI=1S/C14H29O5P/c1-3-5-6-7-8-9-10-11-12-19-14(15)13(4-2)20(16,17)18/h13H,3-12H2,1-2H3,(H2,16,17,18). The zero-order chi connectivity index (χ0) is 15.4. The second-order valence-electron chi connectivity index (χ2n) is 5.16. The van der Waals surface area contributed by atoms with Gasteiger partial charge in [-0.1, -0.05) is 58.8 Å². The van der Waals surface area contributed by atoms with E-state index in [2.05, 4.69) is 6.92 Å². The molecule has 20 heavy (non-hydrogen) atoms. The van der Waals surface area contributed by atoms with Crippen LogP contribution in [0.25, 0.3) is 0 Å². The molecular weight excluding hydrogens is 279 g/mol. The van der Waals surface area contributed by atoms with Crippen LogP contribution in [0, 0.1) is 0 Å². The summed E-state index contributed by atoms with van der Waals surface area (Å²) in [5.74, 6) is -0.774. The average Bonchev–Trinajstić information content (AvgIpc) is 2.36. The van der Waals surface area contributed by atoms with E-state index in [1.54, 1.807) is 6.92 Å². The van der Waals surface area contributed by atoms with Gasteiger partial charge in [0.2, 0.25) is 0 Å². The molecule has 0 aromatic rings. The van der Waals surface area contributed by atoms with E-state index in [9.17, 15) is 9.36 Å². The lowest BCUT2D eigenvalue weighted by Crippen LogP contribution is -2.23. The average molecular weight is 308 g/mol. The molecule has 1 atom stereocenters. The van der Waals surface area contributed by atoms with Gasteiger partial charge in [-0.15, -0.1) is 0 Å². The van der Waals surface area contributed by atoms with Crippen molar-refractivity contribution in [2.45, 2.75) is 77.3 Å². The lowest BCUT2D eigenvalue weighted by Gasteiger charge is -2.15. The van der Waals surface area contributed by atoms with E-state index in [0.29, 0.717) is 0 Å². The minimum Gasteiger partial charge on any atom is -0.465 e. The van der Waals surface area contributed by atoms with Crippen LogP contribution < -0.4 is 0 Å². The van der Waals surface area contributed by atoms with Crippen molar-refractivity contribution in [1.82, 2.24) is 0 Å². The fourth-order valence-electron chi connectivity index (χ4n) is 2.05. The van der Waals surface area contributed by atoms with E-state index in [-0.39, 0.29) is 13.0 Å². The summed E-state index contributed by atoms with van der Waals surface area (Å²) in [5.41, 5.74) is -1.31. The van der Waals surface area contributed by atoms with Crippen molar-refractivity contribution < 1.29 is 23.9 Å². The van der Waals surface area contributed by atoms with Crippen LogP contribution >= 0.6 is 7.60 Å². The summed E-state index contributed by atoms with van der Waals surface area (Å²) in [6.45, 7) is 4.02. The molecule has 5 nitrogen and oxygen atoms in total. The first-order valence-electron chi connectivity index (χ1n) is 7.65. The molecule has 0 rings (SSSR count). The first-order chi connectivity index (χ1) is 9.43. The number of hydrogen-bond donors (Lipinski definition) is 2. The van der Waals surface area contributed by atoms with Crippen LogP contribution in [-0.2, 0) is 14.1 Å². The van der Waals surface area contributed by atoms with Gasteiger partial charge in [0.25, 0.3) is 0 Å². The second kappa shape index (κ2) is 11.3. The molecule has 0 heterocycles. The van der Waals surface area contributed by atoms with E-state index in [1.165, 1.54) is 32.1 Å². The highest BCUT2D eigenvalue weighted by Gasteiger charge is 2.35. The third kappa shape index (κ3) is 9.51. The molecule has 0 spiro atoms. The number of carbonyl (C=O) groups is 1. The topological polar surface area (TPSA) is 83.8 Å².